The molecule has 0 atom stereocenters. The molecular formula is C29H43ClN4O3S. The summed E-state index contributed by atoms with van der Waals surface area (Å²) in [5, 5.41) is 18.4. The van der Waals surface area contributed by atoms with Crippen molar-refractivity contribution < 1.29 is 14.7 Å². The van der Waals surface area contributed by atoms with Crippen LogP contribution in [0.15, 0.2) is 18.5 Å². The molecule has 2 aromatic heterocycles. The zero-order valence-electron chi connectivity index (χ0n) is 23.0. The van der Waals surface area contributed by atoms with Crippen molar-refractivity contribution in [2.45, 2.75) is 116 Å². The van der Waals surface area contributed by atoms with Crippen molar-refractivity contribution in [3.8, 4) is 0 Å². The number of rotatable bonds is 6. The molecule has 0 bridgehead atoms. The van der Waals surface area contributed by atoms with Crippen molar-refractivity contribution >= 4 is 41.3 Å². The van der Waals surface area contributed by atoms with E-state index in [-0.39, 0.29) is 36.3 Å². The van der Waals surface area contributed by atoms with Gasteiger partial charge in [0.25, 0.3) is 0 Å². The first kappa shape index (κ1) is 29.1. The molecule has 2 aromatic rings. The van der Waals surface area contributed by atoms with Crippen molar-refractivity contribution in [3.63, 3.8) is 0 Å². The van der Waals surface area contributed by atoms with Crippen LogP contribution in [0.2, 0.25) is 0 Å². The minimum atomic E-state index is -0.909. The van der Waals surface area contributed by atoms with E-state index in [0.29, 0.717) is 27.8 Å². The Bertz CT molecular complexity index is 1080. The Kier molecular flexibility index (Phi) is 9.23. The third kappa shape index (κ3) is 6.27. The summed E-state index contributed by atoms with van der Waals surface area (Å²) >= 11 is 1.41. The third-order valence-electron chi connectivity index (χ3n) is 9.38. The fourth-order valence-corrected chi connectivity index (χ4v) is 7.97. The van der Waals surface area contributed by atoms with Crippen LogP contribution in [-0.2, 0) is 4.79 Å². The van der Waals surface area contributed by atoms with E-state index in [1.165, 1.54) is 11.3 Å². The van der Waals surface area contributed by atoms with Crippen LogP contribution >= 0.6 is 23.7 Å². The van der Waals surface area contributed by atoms with Gasteiger partial charge in [0.05, 0.1) is 17.9 Å². The maximum atomic E-state index is 14.2. The van der Waals surface area contributed by atoms with Crippen LogP contribution < -0.4 is 4.90 Å². The number of hydrogen-bond acceptors (Lipinski definition) is 5. The highest BCUT2D eigenvalue weighted by molar-refractivity contribution is 7.14. The van der Waals surface area contributed by atoms with E-state index in [0.717, 1.165) is 81.9 Å². The number of carbonyl (C=O) groups excluding carboxylic acids is 1. The second-order valence-corrected chi connectivity index (χ2v) is 13.7. The van der Waals surface area contributed by atoms with E-state index < -0.39 is 5.97 Å². The van der Waals surface area contributed by atoms with Gasteiger partial charge < -0.3 is 10.0 Å². The number of carbonyl (C=O) groups is 2. The summed E-state index contributed by atoms with van der Waals surface area (Å²) in [7, 11) is 0. The number of aromatic nitrogens is 3. The Hall–Kier alpha value is -1.93. The molecule has 0 aliphatic heterocycles. The summed E-state index contributed by atoms with van der Waals surface area (Å²) in [5.41, 5.74) is 1.01. The molecule has 0 spiro atoms. The van der Waals surface area contributed by atoms with Crippen LogP contribution in [-0.4, -0.2) is 38.0 Å². The molecule has 3 aliphatic rings. The van der Waals surface area contributed by atoms with Gasteiger partial charge in [-0.1, -0.05) is 26.0 Å². The summed E-state index contributed by atoms with van der Waals surface area (Å²) in [4.78, 5) is 30.1. The molecule has 0 radical (unpaired) electrons. The standard InChI is InChI=1S/C29H42N4O3S.ClH/c1-19-4-6-21(7-5-19)27(34)33(23-10-8-22(9-11-23)32-17-16-30-31-32)24-18-25(37-26(24)28(35)36)20-12-14-29(2,3)15-13-20;/h16-23H,4-15H2,1-3H3,(H,35,36);1H. The Labute approximate surface area is 236 Å². The molecule has 5 rings (SSSR count). The Morgan fingerprint density at radius 1 is 1.03 bits per heavy atom. The van der Waals surface area contributed by atoms with Crippen LogP contribution in [0.25, 0.3) is 0 Å². The van der Waals surface area contributed by atoms with Crippen molar-refractivity contribution in [3.05, 3.63) is 28.2 Å². The molecule has 7 nitrogen and oxygen atoms in total. The minimum absolute atomic E-state index is 0. The number of aromatic carboxylic acids is 1. The fraction of sp³-hybridized carbons (Fsp3) is 0.724. The second kappa shape index (κ2) is 12.1. The predicted octanol–water partition coefficient (Wildman–Crippen LogP) is 7.49. The summed E-state index contributed by atoms with van der Waals surface area (Å²) in [6, 6.07) is 2.40. The summed E-state index contributed by atoms with van der Waals surface area (Å²) in [6.07, 6.45) is 15.6. The minimum Gasteiger partial charge on any atom is -0.477 e. The molecule has 0 unspecified atom stereocenters. The molecule has 3 saturated carbocycles. The number of hydrogen-bond donors (Lipinski definition) is 1. The molecule has 1 amide bonds. The maximum absolute atomic E-state index is 14.2. The molecule has 210 valence electrons. The Morgan fingerprint density at radius 2 is 1.68 bits per heavy atom. The highest BCUT2D eigenvalue weighted by atomic mass is 35.5. The van der Waals surface area contributed by atoms with Gasteiger partial charge in [-0.2, -0.15) is 0 Å². The molecule has 38 heavy (non-hydrogen) atoms. The van der Waals surface area contributed by atoms with Gasteiger partial charge in [0, 0.05) is 23.0 Å². The van der Waals surface area contributed by atoms with Gasteiger partial charge in [0.2, 0.25) is 5.91 Å². The number of carboxylic acids is 1. The van der Waals surface area contributed by atoms with E-state index in [9.17, 15) is 14.7 Å². The number of anilines is 1. The number of halogens is 1. The fourth-order valence-electron chi connectivity index (χ4n) is 6.81. The lowest BCUT2D eigenvalue weighted by Gasteiger charge is -2.39. The largest absolute Gasteiger partial charge is 0.477 e. The van der Waals surface area contributed by atoms with Gasteiger partial charge >= 0.3 is 5.97 Å². The monoisotopic (exact) mass is 562 g/mol. The SMILES string of the molecule is CC1CCC(C(=O)N(c2cc(C3CCC(C)(C)CC3)sc2C(=O)O)C2CCC(n3ccnn3)CC2)CC1.Cl. The van der Waals surface area contributed by atoms with E-state index >= 15 is 0 Å². The zero-order valence-corrected chi connectivity index (χ0v) is 24.6. The van der Waals surface area contributed by atoms with Crippen LogP contribution in [0.3, 0.4) is 0 Å². The second-order valence-electron chi connectivity index (χ2n) is 12.6. The van der Waals surface area contributed by atoms with Crippen molar-refractivity contribution in [2.24, 2.45) is 17.3 Å². The van der Waals surface area contributed by atoms with Gasteiger partial charge in [-0.3, -0.25) is 4.79 Å². The molecule has 0 aromatic carbocycles. The van der Waals surface area contributed by atoms with Gasteiger partial charge in [-0.05, 0) is 100 Å². The first-order valence-corrected chi connectivity index (χ1v) is 15.1. The summed E-state index contributed by atoms with van der Waals surface area (Å²) < 4.78 is 1.93. The van der Waals surface area contributed by atoms with E-state index in [4.69, 9.17) is 0 Å². The van der Waals surface area contributed by atoms with Crippen LogP contribution in [0.5, 0.6) is 0 Å². The van der Waals surface area contributed by atoms with Gasteiger partial charge in [-0.15, -0.1) is 28.8 Å². The quantitative estimate of drug-likeness (QED) is 0.394. The maximum Gasteiger partial charge on any atom is 0.348 e. The van der Waals surface area contributed by atoms with Crippen LogP contribution in [0.1, 0.15) is 124 Å². The number of thiophene rings is 1. The predicted molar refractivity (Wildman–Crippen MR) is 153 cm³/mol. The van der Waals surface area contributed by atoms with Crippen molar-refractivity contribution in [2.75, 3.05) is 4.90 Å². The highest BCUT2D eigenvalue weighted by Crippen LogP contribution is 2.47. The van der Waals surface area contributed by atoms with Crippen LogP contribution in [0, 0.1) is 17.3 Å². The number of carboxylic acid groups (broad SMARTS) is 1. The van der Waals surface area contributed by atoms with E-state index in [2.05, 4.69) is 37.1 Å². The first-order valence-electron chi connectivity index (χ1n) is 14.3. The van der Waals surface area contributed by atoms with E-state index in [1.54, 1.807) is 6.20 Å². The lowest BCUT2D eigenvalue weighted by molar-refractivity contribution is -0.124. The summed E-state index contributed by atoms with van der Waals surface area (Å²) in [5.74, 6) is 0.278. The number of amides is 1. The molecule has 9 heteroatoms. The zero-order chi connectivity index (χ0) is 26.2. The average molecular weight is 563 g/mol. The Balaban J connectivity index is 0.00000336. The lowest BCUT2D eigenvalue weighted by Crippen LogP contribution is -2.46. The normalized spacial score (nSPS) is 27.9. The number of nitrogens with zero attached hydrogens (tertiary/aromatic N) is 4. The summed E-state index contributed by atoms with van der Waals surface area (Å²) in [6.45, 7) is 6.92. The molecule has 1 N–H and O–H groups in total. The molecular weight excluding hydrogens is 520 g/mol. The van der Waals surface area contributed by atoms with Gasteiger partial charge in [0.15, 0.2) is 0 Å². The third-order valence-corrected chi connectivity index (χ3v) is 10.7. The lowest BCUT2D eigenvalue weighted by atomic mass is 9.73. The molecule has 0 saturated heterocycles. The first-order chi connectivity index (χ1) is 17.7. The Morgan fingerprint density at radius 3 is 2.26 bits per heavy atom. The molecule has 2 heterocycles. The topological polar surface area (TPSA) is 88.3 Å². The van der Waals surface area contributed by atoms with Crippen molar-refractivity contribution in [1.82, 2.24) is 15.0 Å². The van der Waals surface area contributed by atoms with Gasteiger partial charge in [-0.25, -0.2) is 9.48 Å². The van der Waals surface area contributed by atoms with Crippen LogP contribution in [0.4, 0.5) is 5.69 Å². The molecule has 3 fully saturated rings. The van der Waals surface area contributed by atoms with E-state index in [1.807, 2.05) is 15.8 Å². The smallest absolute Gasteiger partial charge is 0.348 e. The highest BCUT2D eigenvalue weighted by Gasteiger charge is 2.39. The van der Waals surface area contributed by atoms with Gasteiger partial charge in [0.1, 0.15) is 4.88 Å². The average Bonchev–Trinajstić information content (AvgIpc) is 3.56. The molecule has 3 aliphatic carbocycles. The van der Waals surface area contributed by atoms with Crippen molar-refractivity contribution in [1.29, 1.82) is 0 Å².